The molecule has 0 saturated carbocycles. The average Bonchev–Trinajstić information content (AvgIpc) is 3.43. The number of carbonyl (C=O) groups is 1. The first-order valence-electron chi connectivity index (χ1n) is 12.1. The monoisotopic (exact) mass is 435 g/mol. The van der Waals surface area contributed by atoms with Crippen LogP contribution in [0.15, 0.2) is 11.4 Å². The number of amides is 1. The van der Waals surface area contributed by atoms with Gasteiger partial charge in [0.1, 0.15) is 0 Å². The van der Waals surface area contributed by atoms with E-state index in [0.717, 1.165) is 19.5 Å². The Morgan fingerprint density at radius 2 is 1.45 bits per heavy atom. The van der Waals surface area contributed by atoms with Gasteiger partial charge in [-0.1, -0.05) is 82.6 Å². The van der Waals surface area contributed by atoms with Crippen LogP contribution in [0.3, 0.4) is 0 Å². The van der Waals surface area contributed by atoms with Crippen LogP contribution in [0.1, 0.15) is 100 Å². The summed E-state index contributed by atoms with van der Waals surface area (Å²) in [6, 6.07) is 0. The van der Waals surface area contributed by atoms with Crippen molar-refractivity contribution in [2.24, 2.45) is 10.8 Å². The first-order valence-corrected chi connectivity index (χ1v) is 12.1. The largest absolute Gasteiger partial charge is 0.371 e. The Morgan fingerprint density at radius 1 is 0.935 bits per heavy atom. The fourth-order valence-corrected chi connectivity index (χ4v) is 4.05. The summed E-state index contributed by atoms with van der Waals surface area (Å²) < 4.78 is 1.87. The fraction of sp³-hybridized carbons (Fsp3) is 0.773. The SMILES string of the molecule is CNc1ncn(CCCCCCCCCCCCCCCCN2N=C[NH2+]N2)c1C(N)=O. The van der Waals surface area contributed by atoms with Crippen LogP contribution in [0.25, 0.3) is 0 Å². The van der Waals surface area contributed by atoms with Crippen LogP contribution in [0.2, 0.25) is 0 Å². The third kappa shape index (κ3) is 10.1. The minimum absolute atomic E-state index is 0.425. The zero-order chi connectivity index (χ0) is 22.2. The molecule has 9 heteroatoms. The normalized spacial score (nSPS) is 13.3. The van der Waals surface area contributed by atoms with Crippen molar-refractivity contribution in [1.29, 1.82) is 0 Å². The first-order chi connectivity index (χ1) is 15.2. The molecule has 1 aliphatic heterocycles. The highest BCUT2D eigenvalue weighted by Gasteiger charge is 2.14. The summed E-state index contributed by atoms with van der Waals surface area (Å²) in [7, 11) is 1.75. The van der Waals surface area contributed by atoms with Crippen molar-refractivity contribution < 1.29 is 10.2 Å². The van der Waals surface area contributed by atoms with Crippen molar-refractivity contribution in [3.05, 3.63) is 12.0 Å². The van der Waals surface area contributed by atoms with E-state index in [4.69, 9.17) is 5.73 Å². The average molecular weight is 436 g/mol. The van der Waals surface area contributed by atoms with Crippen molar-refractivity contribution in [3.8, 4) is 0 Å². The topological polar surface area (TPSA) is 117 Å². The Hall–Kier alpha value is -2.13. The number of anilines is 1. The molecule has 1 aromatic heterocycles. The maximum atomic E-state index is 11.6. The molecule has 2 heterocycles. The molecule has 31 heavy (non-hydrogen) atoms. The molecular formula is C22H43N8O+. The lowest BCUT2D eigenvalue weighted by Gasteiger charge is -2.09. The third-order valence-electron chi connectivity index (χ3n) is 5.83. The number of rotatable bonds is 19. The smallest absolute Gasteiger partial charge is 0.269 e. The number of carbonyl (C=O) groups excluding carboxylic acids is 1. The summed E-state index contributed by atoms with van der Waals surface area (Å²) in [5.41, 5.74) is 10.9. The van der Waals surface area contributed by atoms with Gasteiger partial charge in [-0.25, -0.2) is 10.4 Å². The van der Waals surface area contributed by atoms with Gasteiger partial charge in [0, 0.05) is 13.6 Å². The molecule has 0 spiro atoms. The number of quaternary nitrogens is 1. The summed E-state index contributed by atoms with van der Waals surface area (Å²) in [4.78, 5) is 15.8. The molecule has 0 radical (unpaired) electrons. The number of unbranched alkanes of at least 4 members (excludes halogenated alkanes) is 13. The van der Waals surface area contributed by atoms with Crippen LogP contribution in [-0.4, -0.2) is 40.5 Å². The van der Waals surface area contributed by atoms with Gasteiger partial charge < -0.3 is 15.6 Å². The number of hydrazine groups is 1. The lowest BCUT2D eigenvalue weighted by Crippen LogP contribution is -2.91. The van der Waals surface area contributed by atoms with Crippen LogP contribution >= 0.6 is 0 Å². The standard InChI is InChI=1S/C22H42N8O/c1-24-22-20(21(23)31)29(19-25-22)16-14-12-10-8-6-4-2-3-5-7-9-11-13-15-17-30-27-18-26-28-30/h18-19,24,28H,2-17H2,1H3,(H2,23,31)(H,26,27)/p+1. The van der Waals surface area contributed by atoms with Gasteiger partial charge in [0.05, 0.1) is 12.9 Å². The van der Waals surface area contributed by atoms with E-state index in [2.05, 4.69) is 20.9 Å². The van der Waals surface area contributed by atoms with Gasteiger partial charge in [0.15, 0.2) is 11.5 Å². The zero-order valence-electron chi connectivity index (χ0n) is 19.3. The number of nitrogens with one attached hydrogen (secondary N) is 2. The van der Waals surface area contributed by atoms with Crippen LogP contribution < -0.4 is 22.0 Å². The van der Waals surface area contributed by atoms with Crippen LogP contribution in [0.4, 0.5) is 5.82 Å². The minimum Gasteiger partial charge on any atom is -0.371 e. The molecule has 0 fully saturated rings. The molecule has 0 saturated heterocycles. The van der Waals surface area contributed by atoms with E-state index in [1.165, 1.54) is 83.5 Å². The number of aryl methyl sites for hydroxylation is 1. The van der Waals surface area contributed by atoms with E-state index >= 15 is 0 Å². The highest BCUT2D eigenvalue weighted by atomic mass is 16.1. The van der Waals surface area contributed by atoms with E-state index in [1.54, 1.807) is 19.7 Å². The number of hydrazone groups is 1. The van der Waals surface area contributed by atoms with Gasteiger partial charge in [-0.2, -0.15) is 5.12 Å². The Bertz CT molecular complexity index is 645. The molecule has 0 aliphatic carbocycles. The maximum Gasteiger partial charge on any atom is 0.269 e. The lowest BCUT2D eigenvalue weighted by atomic mass is 10.0. The second kappa shape index (κ2) is 15.6. The van der Waals surface area contributed by atoms with Crippen LogP contribution in [0, 0.1) is 0 Å². The van der Waals surface area contributed by atoms with Crippen LogP contribution in [-0.2, 0) is 6.54 Å². The van der Waals surface area contributed by atoms with Crippen molar-refractivity contribution >= 4 is 18.1 Å². The Morgan fingerprint density at radius 3 is 1.90 bits per heavy atom. The molecule has 0 atom stereocenters. The summed E-state index contributed by atoms with van der Waals surface area (Å²) in [5, 5.41) is 9.01. The summed E-state index contributed by atoms with van der Waals surface area (Å²) in [6.07, 6.45) is 21.7. The molecule has 0 bridgehead atoms. The number of aromatic nitrogens is 2. The van der Waals surface area contributed by atoms with E-state index in [1.807, 2.05) is 15.1 Å². The summed E-state index contributed by atoms with van der Waals surface area (Å²) in [5.74, 6) is 0.141. The molecule has 6 N–H and O–H groups in total. The fourth-order valence-electron chi connectivity index (χ4n) is 4.05. The van der Waals surface area contributed by atoms with Crippen molar-refractivity contribution in [1.82, 2.24) is 20.2 Å². The Kier molecular flexibility index (Phi) is 12.7. The van der Waals surface area contributed by atoms with Crippen molar-refractivity contribution in [2.75, 3.05) is 18.9 Å². The summed E-state index contributed by atoms with van der Waals surface area (Å²) >= 11 is 0. The van der Waals surface area contributed by atoms with Gasteiger partial charge in [0.25, 0.3) is 5.91 Å². The van der Waals surface area contributed by atoms with Gasteiger partial charge >= 0.3 is 0 Å². The van der Waals surface area contributed by atoms with E-state index < -0.39 is 5.91 Å². The molecule has 2 rings (SSSR count). The maximum absolute atomic E-state index is 11.6. The van der Waals surface area contributed by atoms with E-state index in [-0.39, 0.29) is 0 Å². The number of imidazole rings is 1. The minimum atomic E-state index is -0.425. The molecule has 0 unspecified atom stereocenters. The lowest BCUT2D eigenvalue weighted by molar-refractivity contribution is -0.612. The van der Waals surface area contributed by atoms with Gasteiger partial charge in [-0.15, -0.1) is 5.10 Å². The molecule has 0 aromatic carbocycles. The van der Waals surface area contributed by atoms with Gasteiger partial charge in [0.2, 0.25) is 6.34 Å². The van der Waals surface area contributed by atoms with Gasteiger partial charge in [-0.05, 0) is 12.8 Å². The first kappa shape index (κ1) is 25.1. The van der Waals surface area contributed by atoms with Crippen molar-refractivity contribution in [3.63, 3.8) is 0 Å². The predicted octanol–water partition coefficient (Wildman–Crippen LogP) is 2.73. The highest BCUT2D eigenvalue weighted by Crippen LogP contribution is 2.15. The summed E-state index contributed by atoms with van der Waals surface area (Å²) in [6.45, 7) is 1.80. The molecule has 1 aromatic rings. The molecule has 1 aliphatic rings. The number of nitrogens with zero attached hydrogens (tertiary/aromatic N) is 4. The van der Waals surface area contributed by atoms with E-state index in [0.29, 0.717) is 11.5 Å². The number of hydrogen-bond donors (Lipinski definition) is 4. The third-order valence-corrected chi connectivity index (χ3v) is 5.83. The second-order valence-electron chi connectivity index (χ2n) is 8.38. The van der Waals surface area contributed by atoms with Gasteiger partial charge in [-0.3, -0.25) is 4.79 Å². The number of nitrogens with two attached hydrogens (primary N) is 2. The number of primary amides is 1. The predicted molar refractivity (Wildman–Crippen MR) is 125 cm³/mol. The molecular weight excluding hydrogens is 392 g/mol. The van der Waals surface area contributed by atoms with Crippen LogP contribution in [0.5, 0.6) is 0 Å². The highest BCUT2D eigenvalue weighted by molar-refractivity contribution is 5.95. The quantitative estimate of drug-likeness (QED) is 0.197. The molecule has 1 amide bonds. The Balaban J connectivity index is 1.32. The Labute approximate surface area is 187 Å². The molecule has 176 valence electrons. The van der Waals surface area contributed by atoms with Crippen molar-refractivity contribution in [2.45, 2.75) is 96.4 Å². The number of hydrogen-bond acceptors (Lipinski definition) is 6. The molecule has 9 nitrogen and oxygen atoms in total. The zero-order valence-corrected chi connectivity index (χ0v) is 19.3. The second-order valence-corrected chi connectivity index (χ2v) is 8.38. The van der Waals surface area contributed by atoms with E-state index in [9.17, 15) is 4.79 Å².